The second kappa shape index (κ2) is 13.2. The minimum atomic E-state index is -0.803. The molecule has 1 aliphatic carbocycles. The molecule has 3 N–H and O–H groups in total. The van der Waals surface area contributed by atoms with Crippen LogP contribution in [-0.4, -0.2) is 39.3 Å². The Labute approximate surface area is 185 Å². The van der Waals surface area contributed by atoms with Gasteiger partial charge in [-0.15, -0.1) is 0 Å². The Hall–Kier alpha value is -2.24. The summed E-state index contributed by atoms with van der Waals surface area (Å²) in [4.78, 5) is 22.9. The molecule has 2 rings (SSSR count). The molecule has 5 atom stereocenters. The number of carbonyl (C=O) groups is 2. The maximum absolute atomic E-state index is 12.4. The predicted molar refractivity (Wildman–Crippen MR) is 122 cm³/mol. The number of hydrogen-bond acceptors (Lipinski definition) is 4. The van der Waals surface area contributed by atoms with Gasteiger partial charge >= 0.3 is 5.97 Å². The maximum atomic E-state index is 12.4. The molecule has 0 bridgehead atoms. The van der Waals surface area contributed by atoms with Gasteiger partial charge in [0.05, 0.1) is 12.2 Å². The lowest BCUT2D eigenvalue weighted by Crippen LogP contribution is -2.19. The summed E-state index contributed by atoms with van der Waals surface area (Å²) in [5.74, 6) is -1.13. The molecule has 0 saturated heterocycles. The first-order chi connectivity index (χ1) is 14.9. The van der Waals surface area contributed by atoms with Crippen LogP contribution in [0.15, 0.2) is 54.6 Å². The number of ketones is 1. The first-order valence-corrected chi connectivity index (χ1v) is 11.4. The molecule has 0 spiro atoms. The number of aliphatic hydroxyl groups excluding tert-OH is 2. The van der Waals surface area contributed by atoms with Gasteiger partial charge in [0.2, 0.25) is 0 Å². The van der Waals surface area contributed by atoms with Gasteiger partial charge in [-0.2, -0.15) is 0 Å². The number of allylic oxidation sites excluding steroid dienone is 3. The molecule has 0 radical (unpaired) electrons. The van der Waals surface area contributed by atoms with Crippen molar-refractivity contribution < 1.29 is 24.9 Å². The van der Waals surface area contributed by atoms with Crippen LogP contribution in [0.2, 0.25) is 0 Å². The van der Waals surface area contributed by atoms with Crippen LogP contribution >= 0.6 is 0 Å². The Morgan fingerprint density at radius 3 is 2.65 bits per heavy atom. The van der Waals surface area contributed by atoms with E-state index in [4.69, 9.17) is 5.11 Å². The molecular weight excluding hydrogens is 392 g/mol. The molecule has 170 valence electrons. The van der Waals surface area contributed by atoms with Crippen LogP contribution in [0.5, 0.6) is 0 Å². The van der Waals surface area contributed by atoms with E-state index < -0.39 is 24.1 Å². The third-order valence-corrected chi connectivity index (χ3v) is 6.05. The van der Waals surface area contributed by atoms with Crippen LogP contribution < -0.4 is 0 Å². The van der Waals surface area contributed by atoms with Gasteiger partial charge in [-0.1, -0.05) is 68.0 Å². The summed E-state index contributed by atoms with van der Waals surface area (Å²) in [5, 5.41) is 29.6. The Bertz CT molecular complexity index is 739. The van der Waals surface area contributed by atoms with Crippen LogP contribution in [0.4, 0.5) is 0 Å². The molecular formula is C26H36O5. The summed E-state index contributed by atoms with van der Waals surface area (Å²) in [7, 11) is 0. The lowest BCUT2D eigenvalue weighted by Gasteiger charge is -2.20. The van der Waals surface area contributed by atoms with E-state index in [0.29, 0.717) is 25.7 Å². The fourth-order valence-corrected chi connectivity index (χ4v) is 4.38. The third kappa shape index (κ3) is 8.42. The van der Waals surface area contributed by atoms with E-state index in [1.807, 2.05) is 30.4 Å². The number of benzene rings is 1. The molecule has 1 fully saturated rings. The number of aliphatic hydroxyl groups is 2. The summed E-state index contributed by atoms with van der Waals surface area (Å²) in [6.45, 7) is 2.14. The molecule has 0 aliphatic heterocycles. The SMILES string of the molecule is CCCC(CC(O)/C=C/C1C(=O)CC(O)C1C/C=C/CCCC(=O)O)c1ccccc1. The van der Waals surface area contributed by atoms with Crippen molar-refractivity contribution in [2.75, 3.05) is 0 Å². The molecule has 0 heterocycles. The van der Waals surface area contributed by atoms with Gasteiger partial charge in [-0.05, 0) is 43.6 Å². The minimum absolute atomic E-state index is 0.00777. The van der Waals surface area contributed by atoms with Crippen LogP contribution in [0.1, 0.15) is 69.8 Å². The molecule has 0 aromatic heterocycles. The smallest absolute Gasteiger partial charge is 0.303 e. The van der Waals surface area contributed by atoms with E-state index in [9.17, 15) is 19.8 Å². The molecule has 1 saturated carbocycles. The van der Waals surface area contributed by atoms with Crippen molar-refractivity contribution in [3.05, 3.63) is 60.2 Å². The molecule has 31 heavy (non-hydrogen) atoms. The van der Waals surface area contributed by atoms with Gasteiger partial charge in [0, 0.05) is 24.7 Å². The zero-order valence-corrected chi connectivity index (χ0v) is 18.4. The van der Waals surface area contributed by atoms with Gasteiger partial charge in [0.15, 0.2) is 0 Å². The largest absolute Gasteiger partial charge is 0.481 e. The fourth-order valence-electron chi connectivity index (χ4n) is 4.38. The van der Waals surface area contributed by atoms with Crippen LogP contribution in [0.25, 0.3) is 0 Å². The van der Waals surface area contributed by atoms with E-state index >= 15 is 0 Å². The lowest BCUT2D eigenvalue weighted by atomic mass is 9.87. The number of aliphatic carboxylic acids is 1. The van der Waals surface area contributed by atoms with Gasteiger partial charge in [0.25, 0.3) is 0 Å². The van der Waals surface area contributed by atoms with Gasteiger partial charge in [-0.3, -0.25) is 9.59 Å². The van der Waals surface area contributed by atoms with Crippen molar-refractivity contribution in [2.24, 2.45) is 11.8 Å². The van der Waals surface area contributed by atoms with Crippen LogP contribution in [0, 0.1) is 11.8 Å². The molecule has 5 nitrogen and oxygen atoms in total. The number of unbranched alkanes of at least 4 members (excludes halogenated alkanes) is 1. The van der Waals surface area contributed by atoms with Crippen molar-refractivity contribution in [1.82, 2.24) is 0 Å². The average Bonchev–Trinajstić information content (AvgIpc) is 3.01. The number of carboxylic acid groups (broad SMARTS) is 1. The number of carboxylic acids is 1. The van der Waals surface area contributed by atoms with Crippen molar-refractivity contribution in [2.45, 2.75) is 76.4 Å². The normalized spacial score (nSPS) is 23.6. The van der Waals surface area contributed by atoms with E-state index in [-0.39, 0.29) is 30.5 Å². The maximum Gasteiger partial charge on any atom is 0.303 e. The molecule has 5 unspecified atom stereocenters. The van der Waals surface area contributed by atoms with Crippen molar-refractivity contribution in [3.63, 3.8) is 0 Å². The zero-order valence-electron chi connectivity index (χ0n) is 18.4. The topological polar surface area (TPSA) is 94.8 Å². The molecule has 1 aromatic carbocycles. The third-order valence-electron chi connectivity index (χ3n) is 6.05. The van der Waals surface area contributed by atoms with E-state index in [0.717, 1.165) is 12.8 Å². The van der Waals surface area contributed by atoms with Gasteiger partial charge in [0.1, 0.15) is 5.78 Å². The quantitative estimate of drug-likeness (QED) is 0.314. The van der Waals surface area contributed by atoms with Gasteiger partial charge in [-0.25, -0.2) is 0 Å². The predicted octanol–water partition coefficient (Wildman–Crippen LogP) is 4.64. The van der Waals surface area contributed by atoms with E-state index in [2.05, 4.69) is 19.1 Å². The number of rotatable bonds is 13. The second-order valence-electron chi connectivity index (χ2n) is 8.50. The standard InChI is InChI=1S/C26H36O5/c1-2-10-20(19-11-6-5-7-12-19)17-21(27)15-16-23-22(24(28)18-25(23)29)13-8-3-4-9-14-26(30)31/h3,5-8,11-12,15-16,20-24,27-28H,2,4,9-10,13-14,17-18H2,1H3,(H,30,31)/b8-3+,16-15+. The Balaban J connectivity index is 1.93. The summed E-state index contributed by atoms with van der Waals surface area (Å²) >= 11 is 0. The highest BCUT2D eigenvalue weighted by Crippen LogP contribution is 2.34. The number of hydrogen-bond donors (Lipinski definition) is 3. The van der Waals surface area contributed by atoms with E-state index in [1.165, 1.54) is 5.56 Å². The second-order valence-corrected chi connectivity index (χ2v) is 8.50. The minimum Gasteiger partial charge on any atom is -0.481 e. The van der Waals surface area contributed by atoms with Gasteiger partial charge < -0.3 is 15.3 Å². The average molecular weight is 429 g/mol. The summed E-state index contributed by atoms with van der Waals surface area (Å²) in [6, 6.07) is 10.2. The molecule has 1 aromatic rings. The number of carbonyl (C=O) groups excluding carboxylic acids is 1. The first-order valence-electron chi connectivity index (χ1n) is 11.4. The monoisotopic (exact) mass is 428 g/mol. The zero-order chi connectivity index (χ0) is 22.6. The Kier molecular flexibility index (Phi) is 10.7. The summed E-state index contributed by atoms with van der Waals surface area (Å²) in [5.41, 5.74) is 1.22. The lowest BCUT2D eigenvalue weighted by molar-refractivity contribution is -0.137. The highest BCUT2D eigenvalue weighted by molar-refractivity contribution is 5.86. The van der Waals surface area contributed by atoms with Crippen molar-refractivity contribution >= 4 is 11.8 Å². The molecule has 1 aliphatic rings. The summed E-state index contributed by atoms with van der Waals surface area (Å²) < 4.78 is 0. The van der Waals surface area contributed by atoms with Crippen molar-refractivity contribution in [1.29, 1.82) is 0 Å². The fraction of sp³-hybridized carbons (Fsp3) is 0.538. The highest BCUT2D eigenvalue weighted by Gasteiger charge is 2.39. The number of Topliss-reactive ketones (excluding diaryl/α,β-unsaturated/α-hetero) is 1. The summed E-state index contributed by atoms with van der Waals surface area (Å²) in [6.07, 6.45) is 10.7. The van der Waals surface area contributed by atoms with Crippen molar-refractivity contribution in [3.8, 4) is 0 Å². The van der Waals surface area contributed by atoms with Crippen LogP contribution in [0.3, 0.4) is 0 Å². The van der Waals surface area contributed by atoms with Crippen LogP contribution in [-0.2, 0) is 9.59 Å². The van der Waals surface area contributed by atoms with E-state index in [1.54, 1.807) is 12.2 Å². The Morgan fingerprint density at radius 2 is 1.97 bits per heavy atom. The molecule has 5 heteroatoms. The first kappa shape index (κ1) is 25.0. The highest BCUT2D eigenvalue weighted by atomic mass is 16.4. The molecule has 0 amide bonds. The Morgan fingerprint density at radius 1 is 1.23 bits per heavy atom.